The van der Waals surface area contributed by atoms with Crippen molar-refractivity contribution in [1.82, 2.24) is 5.32 Å². The van der Waals surface area contributed by atoms with E-state index in [1.54, 1.807) is 0 Å². The average Bonchev–Trinajstić information content (AvgIpc) is 2.20. The van der Waals surface area contributed by atoms with Crippen molar-refractivity contribution >= 4 is 17.7 Å². The van der Waals surface area contributed by atoms with E-state index in [-0.39, 0.29) is 30.6 Å². The van der Waals surface area contributed by atoms with Gasteiger partial charge < -0.3 is 16.2 Å². The topological polar surface area (TPSA) is 109 Å². The van der Waals surface area contributed by atoms with E-state index in [2.05, 4.69) is 5.32 Å². The number of ketones is 1. The molecule has 0 aliphatic rings. The third-order valence-electron chi connectivity index (χ3n) is 2.23. The first-order valence-electron chi connectivity index (χ1n) is 5.89. The van der Waals surface area contributed by atoms with Gasteiger partial charge in [-0.2, -0.15) is 0 Å². The van der Waals surface area contributed by atoms with Crippen molar-refractivity contribution in [3.63, 3.8) is 0 Å². The molecule has 0 saturated heterocycles. The van der Waals surface area contributed by atoms with Gasteiger partial charge in [-0.3, -0.25) is 14.4 Å². The van der Waals surface area contributed by atoms with E-state index < -0.39 is 17.9 Å². The molecule has 0 radical (unpaired) electrons. The number of Topliss-reactive ketones (excluding diaryl/α,β-unsaturated/α-hetero) is 1. The van der Waals surface area contributed by atoms with Gasteiger partial charge in [0.2, 0.25) is 5.91 Å². The Morgan fingerprint density at radius 2 is 1.78 bits per heavy atom. The van der Waals surface area contributed by atoms with Gasteiger partial charge in [-0.1, -0.05) is 20.8 Å². The molecule has 0 aromatic heterocycles. The van der Waals surface area contributed by atoms with Gasteiger partial charge in [0, 0.05) is 19.4 Å². The van der Waals surface area contributed by atoms with Crippen LogP contribution in [0.15, 0.2) is 0 Å². The van der Waals surface area contributed by atoms with Crippen LogP contribution in [0.4, 0.5) is 0 Å². The SMILES string of the molecule is CC(C)(C)CC(=O)C(CN)NC(=O)CCC(=O)O. The van der Waals surface area contributed by atoms with E-state index in [1.165, 1.54) is 0 Å². The normalized spacial score (nSPS) is 12.9. The maximum Gasteiger partial charge on any atom is 0.303 e. The fourth-order valence-corrected chi connectivity index (χ4v) is 1.40. The minimum Gasteiger partial charge on any atom is -0.481 e. The quantitative estimate of drug-likeness (QED) is 0.608. The molecule has 1 unspecified atom stereocenters. The Morgan fingerprint density at radius 1 is 1.22 bits per heavy atom. The van der Waals surface area contributed by atoms with Gasteiger partial charge >= 0.3 is 5.97 Å². The van der Waals surface area contributed by atoms with E-state index in [4.69, 9.17) is 10.8 Å². The Hall–Kier alpha value is -1.43. The lowest BCUT2D eigenvalue weighted by molar-refractivity contribution is -0.139. The number of carbonyl (C=O) groups is 3. The third kappa shape index (κ3) is 7.78. The second-order valence-electron chi connectivity index (χ2n) is 5.45. The van der Waals surface area contributed by atoms with Crippen molar-refractivity contribution in [3.8, 4) is 0 Å². The highest BCUT2D eigenvalue weighted by atomic mass is 16.4. The van der Waals surface area contributed by atoms with Gasteiger partial charge in [0.05, 0.1) is 12.5 Å². The number of hydrogen-bond donors (Lipinski definition) is 3. The van der Waals surface area contributed by atoms with Gasteiger partial charge in [0.1, 0.15) is 0 Å². The molecule has 6 heteroatoms. The van der Waals surface area contributed by atoms with Crippen LogP contribution < -0.4 is 11.1 Å². The summed E-state index contributed by atoms with van der Waals surface area (Å²) >= 11 is 0. The monoisotopic (exact) mass is 258 g/mol. The molecule has 0 spiro atoms. The Labute approximate surface area is 107 Å². The van der Waals surface area contributed by atoms with E-state index >= 15 is 0 Å². The molecule has 104 valence electrons. The van der Waals surface area contributed by atoms with Crippen molar-refractivity contribution in [2.45, 2.75) is 46.1 Å². The fraction of sp³-hybridized carbons (Fsp3) is 0.750. The van der Waals surface area contributed by atoms with Crippen LogP contribution in [0.1, 0.15) is 40.0 Å². The second kappa shape index (κ2) is 7.10. The van der Waals surface area contributed by atoms with Crippen LogP contribution in [0.5, 0.6) is 0 Å². The largest absolute Gasteiger partial charge is 0.481 e. The number of nitrogens with two attached hydrogens (primary N) is 1. The van der Waals surface area contributed by atoms with Gasteiger partial charge in [0.15, 0.2) is 5.78 Å². The van der Waals surface area contributed by atoms with Crippen LogP contribution in [0, 0.1) is 5.41 Å². The molecular formula is C12H22N2O4. The van der Waals surface area contributed by atoms with E-state index in [9.17, 15) is 14.4 Å². The van der Waals surface area contributed by atoms with E-state index in [0.717, 1.165) is 0 Å². The van der Waals surface area contributed by atoms with Crippen LogP contribution in [0.25, 0.3) is 0 Å². The summed E-state index contributed by atoms with van der Waals surface area (Å²) in [6, 6.07) is -0.731. The Kier molecular flexibility index (Phi) is 6.54. The molecular weight excluding hydrogens is 236 g/mol. The van der Waals surface area contributed by atoms with Gasteiger partial charge in [-0.05, 0) is 5.41 Å². The number of rotatable bonds is 7. The molecule has 0 fully saturated rings. The predicted molar refractivity (Wildman–Crippen MR) is 66.9 cm³/mol. The third-order valence-corrected chi connectivity index (χ3v) is 2.23. The number of carboxylic acid groups (broad SMARTS) is 1. The molecule has 1 atom stereocenters. The van der Waals surface area contributed by atoms with Gasteiger partial charge in [-0.15, -0.1) is 0 Å². The van der Waals surface area contributed by atoms with E-state index in [0.29, 0.717) is 6.42 Å². The number of nitrogens with one attached hydrogen (secondary N) is 1. The Morgan fingerprint density at radius 3 is 2.17 bits per heavy atom. The number of hydrogen-bond acceptors (Lipinski definition) is 4. The van der Waals surface area contributed by atoms with Gasteiger partial charge in [0.25, 0.3) is 0 Å². The summed E-state index contributed by atoms with van der Waals surface area (Å²) in [6.07, 6.45) is -0.0840. The summed E-state index contributed by atoms with van der Waals surface area (Å²) in [4.78, 5) is 33.6. The standard InChI is InChI=1S/C12H22N2O4/c1-12(2,3)6-9(15)8(7-13)14-10(16)4-5-11(17)18/h8H,4-7,13H2,1-3H3,(H,14,16)(H,17,18). The predicted octanol–water partition coefficient (Wildman–Crippen LogP) is 0.300. The van der Waals surface area contributed by atoms with E-state index in [1.807, 2.05) is 20.8 Å². The Balaban J connectivity index is 4.29. The molecule has 0 bridgehead atoms. The summed E-state index contributed by atoms with van der Waals surface area (Å²) in [5.74, 6) is -1.64. The highest BCUT2D eigenvalue weighted by Crippen LogP contribution is 2.19. The van der Waals surface area contributed by atoms with Crippen LogP contribution in [0.3, 0.4) is 0 Å². The fourth-order valence-electron chi connectivity index (χ4n) is 1.40. The van der Waals surface area contributed by atoms with Gasteiger partial charge in [-0.25, -0.2) is 0 Å². The summed E-state index contributed by atoms with van der Waals surface area (Å²) in [7, 11) is 0. The summed E-state index contributed by atoms with van der Waals surface area (Å²) < 4.78 is 0. The summed E-state index contributed by atoms with van der Waals surface area (Å²) in [5, 5.41) is 10.9. The molecule has 0 aromatic rings. The molecule has 18 heavy (non-hydrogen) atoms. The summed E-state index contributed by atoms with van der Waals surface area (Å²) in [5.41, 5.74) is 5.27. The molecule has 0 saturated carbocycles. The van der Waals surface area contributed by atoms with Crippen molar-refractivity contribution < 1.29 is 19.5 Å². The van der Waals surface area contributed by atoms with Crippen molar-refractivity contribution in [2.24, 2.45) is 11.1 Å². The number of aliphatic carboxylic acids is 1. The van der Waals surface area contributed by atoms with Crippen LogP contribution in [-0.4, -0.2) is 35.4 Å². The van der Waals surface area contributed by atoms with Crippen LogP contribution >= 0.6 is 0 Å². The molecule has 6 nitrogen and oxygen atoms in total. The molecule has 0 aliphatic heterocycles. The maximum absolute atomic E-state index is 11.9. The molecule has 1 amide bonds. The summed E-state index contributed by atoms with van der Waals surface area (Å²) in [6.45, 7) is 5.79. The number of carboxylic acids is 1. The highest BCUT2D eigenvalue weighted by Gasteiger charge is 2.24. The van der Waals surface area contributed by atoms with Crippen LogP contribution in [-0.2, 0) is 14.4 Å². The number of amides is 1. The zero-order valence-corrected chi connectivity index (χ0v) is 11.2. The van der Waals surface area contributed by atoms with Crippen LogP contribution in [0.2, 0.25) is 0 Å². The molecule has 0 heterocycles. The first-order valence-corrected chi connectivity index (χ1v) is 5.89. The second-order valence-corrected chi connectivity index (χ2v) is 5.45. The molecule has 0 rings (SSSR count). The minimum atomic E-state index is -1.05. The lowest BCUT2D eigenvalue weighted by Gasteiger charge is -2.22. The zero-order chi connectivity index (χ0) is 14.3. The smallest absolute Gasteiger partial charge is 0.303 e. The highest BCUT2D eigenvalue weighted by molar-refractivity contribution is 5.90. The maximum atomic E-state index is 11.9. The lowest BCUT2D eigenvalue weighted by atomic mass is 9.88. The lowest BCUT2D eigenvalue weighted by Crippen LogP contribution is -2.46. The molecule has 0 aromatic carbocycles. The zero-order valence-electron chi connectivity index (χ0n) is 11.2. The minimum absolute atomic E-state index is 0.0216. The first kappa shape index (κ1) is 16.6. The molecule has 4 N–H and O–H groups in total. The van der Waals surface area contributed by atoms with Crippen molar-refractivity contribution in [1.29, 1.82) is 0 Å². The molecule has 0 aliphatic carbocycles. The number of carbonyl (C=O) groups excluding carboxylic acids is 2. The Bertz CT molecular complexity index is 321. The first-order chi connectivity index (χ1) is 8.15. The average molecular weight is 258 g/mol. The van der Waals surface area contributed by atoms with Crippen molar-refractivity contribution in [3.05, 3.63) is 0 Å². The van der Waals surface area contributed by atoms with Crippen molar-refractivity contribution in [2.75, 3.05) is 6.54 Å².